The van der Waals surface area contributed by atoms with E-state index < -0.39 is 5.97 Å². The van der Waals surface area contributed by atoms with E-state index in [0.717, 1.165) is 5.56 Å². The molecule has 0 bridgehead atoms. The Morgan fingerprint density at radius 1 is 1.54 bits per heavy atom. The minimum atomic E-state index is -1.06. The Kier molecular flexibility index (Phi) is 1.51. The molecule has 2 aromatic rings. The first-order chi connectivity index (χ1) is 6.18. The predicted octanol–water partition coefficient (Wildman–Crippen LogP) is 0.736. The van der Waals surface area contributed by atoms with Gasteiger partial charge in [0.25, 0.3) is 0 Å². The second kappa shape index (κ2) is 2.55. The van der Waals surface area contributed by atoms with Crippen molar-refractivity contribution in [1.82, 2.24) is 14.8 Å². The summed E-state index contributed by atoms with van der Waals surface area (Å²) in [5, 5.41) is 16.0. The zero-order valence-electron chi connectivity index (χ0n) is 6.93. The highest BCUT2D eigenvalue weighted by Gasteiger charge is 2.12. The molecule has 0 saturated heterocycles. The van der Waals surface area contributed by atoms with Gasteiger partial charge < -0.3 is 5.11 Å². The molecule has 5 nitrogen and oxygen atoms in total. The number of carboxylic acid groups (broad SMARTS) is 1. The van der Waals surface area contributed by atoms with E-state index in [0.29, 0.717) is 5.52 Å². The van der Waals surface area contributed by atoms with Crippen molar-refractivity contribution in [2.24, 2.45) is 0 Å². The van der Waals surface area contributed by atoms with Crippen LogP contribution < -0.4 is 0 Å². The predicted molar refractivity (Wildman–Crippen MR) is 44.7 cm³/mol. The van der Waals surface area contributed by atoms with Crippen LogP contribution in [-0.2, 0) is 0 Å². The molecular weight excluding hydrogens is 170 g/mol. The monoisotopic (exact) mass is 177 g/mol. The van der Waals surface area contributed by atoms with Crippen LogP contribution in [0.1, 0.15) is 16.1 Å². The Hall–Kier alpha value is -1.91. The normalized spacial score (nSPS) is 10.5. The zero-order valence-corrected chi connectivity index (χ0v) is 6.93. The topological polar surface area (TPSA) is 67.5 Å². The minimum Gasteiger partial charge on any atom is -0.476 e. The molecule has 0 saturated carbocycles. The maximum atomic E-state index is 10.6. The highest BCUT2D eigenvalue weighted by atomic mass is 16.4. The molecule has 1 N–H and O–H groups in total. The summed E-state index contributed by atoms with van der Waals surface area (Å²) in [6.45, 7) is 1.90. The van der Waals surface area contributed by atoms with Crippen molar-refractivity contribution in [3.63, 3.8) is 0 Å². The van der Waals surface area contributed by atoms with Crippen LogP contribution in [0.2, 0.25) is 0 Å². The molecule has 0 fully saturated rings. The van der Waals surface area contributed by atoms with Gasteiger partial charge in [-0.3, -0.25) is 0 Å². The highest BCUT2D eigenvalue weighted by Crippen LogP contribution is 2.08. The van der Waals surface area contributed by atoms with E-state index in [1.165, 1.54) is 4.52 Å². The van der Waals surface area contributed by atoms with E-state index in [2.05, 4.69) is 10.3 Å². The van der Waals surface area contributed by atoms with Crippen LogP contribution in [0.5, 0.6) is 0 Å². The lowest BCUT2D eigenvalue weighted by Gasteiger charge is -1.93. The number of nitrogens with zero attached hydrogens (tertiary/aromatic N) is 3. The van der Waals surface area contributed by atoms with E-state index >= 15 is 0 Å². The molecule has 66 valence electrons. The fourth-order valence-electron chi connectivity index (χ4n) is 1.15. The van der Waals surface area contributed by atoms with Gasteiger partial charge in [0.15, 0.2) is 5.69 Å². The van der Waals surface area contributed by atoms with Crippen LogP contribution in [0.3, 0.4) is 0 Å². The number of aromatic carboxylic acids is 1. The molecule has 2 rings (SSSR count). The first-order valence-electron chi connectivity index (χ1n) is 3.73. The Morgan fingerprint density at radius 2 is 2.31 bits per heavy atom. The molecule has 0 unspecified atom stereocenters. The summed E-state index contributed by atoms with van der Waals surface area (Å²) in [5.41, 5.74) is 1.51. The van der Waals surface area contributed by atoms with E-state index in [4.69, 9.17) is 5.11 Å². The Balaban J connectivity index is 2.76. The van der Waals surface area contributed by atoms with Crippen molar-refractivity contribution in [2.75, 3.05) is 0 Å². The third-order valence-electron chi connectivity index (χ3n) is 1.76. The van der Waals surface area contributed by atoms with Crippen molar-refractivity contribution < 1.29 is 9.90 Å². The van der Waals surface area contributed by atoms with Crippen LogP contribution in [-0.4, -0.2) is 25.9 Å². The largest absolute Gasteiger partial charge is 0.476 e. The van der Waals surface area contributed by atoms with Gasteiger partial charge in [0.2, 0.25) is 0 Å². The first-order valence-corrected chi connectivity index (χ1v) is 3.73. The summed E-state index contributed by atoms with van der Waals surface area (Å²) in [6.07, 6.45) is 1.73. The van der Waals surface area contributed by atoms with Crippen molar-refractivity contribution in [2.45, 2.75) is 6.92 Å². The van der Waals surface area contributed by atoms with Gasteiger partial charge in [-0.25, -0.2) is 9.31 Å². The second-order valence-electron chi connectivity index (χ2n) is 2.78. The van der Waals surface area contributed by atoms with Gasteiger partial charge in [0.05, 0.1) is 0 Å². The van der Waals surface area contributed by atoms with Gasteiger partial charge in [0.1, 0.15) is 5.52 Å². The number of pyridine rings is 1. The number of hydrogen-bond acceptors (Lipinski definition) is 3. The molecule has 0 radical (unpaired) electrons. The smallest absolute Gasteiger partial charge is 0.358 e. The van der Waals surface area contributed by atoms with Gasteiger partial charge in [0, 0.05) is 6.20 Å². The van der Waals surface area contributed by atoms with Gasteiger partial charge >= 0.3 is 5.97 Å². The molecule has 13 heavy (non-hydrogen) atoms. The molecule has 0 amide bonds. The lowest BCUT2D eigenvalue weighted by Crippen LogP contribution is -1.97. The molecule has 2 heterocycles. The summed E-state index contributed by atoms with van der Waals surface area (Å²) < 4.78 is 1.46. The number of hydrogen-bond donors (Lipinski definition) is 1. The quantitative estimate of drug-likeness (QED) is 0.697. The molecule has 0 aromatic carbocycles. The zero-order chi connectivity index (χ0) is 9.42. The SMILES string of the molecule is Cc1ccc2c(C(=O)O)nnn2c1. The maximum absolute atomic E-state index is 10.6. The van der Waals surface area contributed by atoms with Crippen LogP contribution in [0.15, 0.2) is 18.3 Å². The third-order valence-corrected chi connectivity index (χ3v) is 1.76. The van der Waals surface area contributed by atoms with Crippen molar-refractivity contribution in [3.8, 4) is 0 Å². The Morgan fingerprint density at radius 3 is 3.00 bits per heavy atom. The summed E-state index contributed by atoms with van der Waals surface area (Å²) in [5.74, 6) is -1.06. The second-order valence-corrected chi connectivity index (χ2v) is 2.78. The third kappa shape index (κ3) is 1.14. The average molecular weight is 177 g/mol. The summed E-state index contributed by atoms with van der Waals surface area (Å²) >= 11 is 0. The fraction of sp³-hybridized carbons (Fsp3) is 0.125. The highest BCUT2D eigenvalue weighted by molar-refractivity contribution is 5.93. The van der Waals surface area contributed by atoms with E-state index in [-0.39, 0.29) is 5.69 Å². The number of carboxylic acids is 1. The molecule has 5 heteroatoms. The standard InChI is InChI=1S/C8H7N3O2/c1-5-2-3-6-7(8(12)13)9-10-11(6)4-5/h2-4H,1H3,(H,12,13). The van der Waals surface area contributed by atoms with E-state index in [1.807, 2.05) is 13.0 Å². The van der Waals surface area contributed by atoms with Crippen molar-refractivity contribution >= 4 is 11.5 Å². The van der Waals surface area contributed by atoms with Crippen LogP contribution >= 0.6 is 0 Å². The molecule has 0 spiro atoms. The van der Waals surface area contributed by atoms with Crippen molar-refractivity contribution in [1.29, 1.82) is 0 Å². The number of aryl methyl sites for hydroxylation is 1. The van der Waals surface area contributed by atoms with Gasteiger partial charge in [-0.05, 0) is 18.6 Å². The lowest BCUT2D eigenvalue weighted by atomic mass is 10.3. The molecule has 0 aliphatic carbocycles. The summed E-state index contributed by atoms with van der Waals surface area (Å²) in [4.78, 5) is 10.6. The molecule has 0 aliphatic heterocycles. The minimum absolute atomic E-state index is 0.0139. The lowest BCUT2D eigenvalue weighted by molar-refractivity contribution is 0.0692. The fourth-order valence-corrected chi connectivity index (χ4v) is 1.15. The van der Waals surface area contributed by atoms with Gasteiger partial charge in [-0.15, -0.1) is 5.10 Å². The van der Waals surface area contributed by atoms with Crippen LogP contribution in [0.4, 0.5) is 0 Å². The maximum Gasteiger partial charge on any atom is 0.358 e. The van der Waals surface area contributed by atoms with Crippen LogP contribution in [0, 0.1) is 6.92 Å². The molecule has 0 aliphatic rings. The van der Waals surface area contributed by atoms with Crippen LogP contribution in [0.25, 0.3) is 5.52 Å². The first kappa shape index (κ1) is 7.72. The van der Waals surface area contributed by atoms with Gasteiger partial charge in [-0.2, -0.15) is 0 Å². The molecule has 2 aromatic heterocycles. The number of fused-ring (bicyclic) bond motifs is 1. The van der Waals surface area contributed by atoms with E-state index in [9.17, 15) is 4.79 Å². The Bertz CT molecular complexity index is 475. The number of rotatable bonds is 1. The molecular formula is C8H7N3O2. The van der Waals surface area contributed by atoms with Gasteiger partial charge in [-0.1, -0.05) is 11.3 Å². The average Bonchev–Trinajstić information content (AvgIpc) is 2.46. The summed E-state index contributed by atoms with van der Waals surface area (Å²) in [7, 11) is 0. The Labute approximate surface area is 73.6 Å². The van der Waals surface area contributed by atoms with E-state index in [1.54, 1.807) is 12.3 Å². The summed E-state index contributed by atoms with van der Waals surface area (Å²) in [6, 6.07) is 3.52. The number of aromatic nitrogens is 3. The van der Waals surface area contributed by atoms with Crippen molar-refractivity contribution in [3.05, 3.63) is 29.6 Å². The molecule has 0 atom stereocenters. The number of carbonyl (C=O) groups is 1.